The number of amides is 1. The van der Waals surface area contributed by atoms with Gasteiger partial charge < -0.3 is 4.90 Å². The number of hydroxylamine groups is 1. The number of aromatic nitrogens is 2. The quantitative estimate of drug-likeness (QED) is 0.314. The van der Waals surface area contributed by atoms with Crippen LogP contribution in [0.25, 0.3) is 0 Å². The second kappa shape index (κ2) is 7.93. The Morgan fingerprint density at radius 2 is 2.35 bits per heavy atom. The molecule has 2 heterocycles. The molecule has 0 atom stereocenters. The molecule has 1 aromatic heterocycles. The van der Waals surface area contributed by atoms with Gasteiger partial charge in [-0.25, -0.2) is 14.0 Å². The summed E-state index contributed by atoms with van der Waals surface area (Å²) in [6.07, 6.45) is 0. The van der Waals surface area contributed by atoms with Crippen molar-refractivity contribution < 1.29 is 19.0 Å². The monoisotopic (exact) mass is 442 g/mol. The summed E-state index contributed by atoms with van der Waals surface area (Å²) in [4.78, 5) is 21.3. The molecule has 0 bridgehead atoms. The number of thioether (sulfide) groups is 1. The lowest BCUT2D eigenvalue weighted by Gasteiger charge is -2.10. The highest BCUT2D eigenvalue weighted by Crippen LogP contribution is 2.25. The maximum Gasteiger partial charge on any atom is 0.249 e. The number of hydrogen-bond donors (Lipinski definition) is 2. The van der Waals surface area contributed by atoms with Crippen LogP contribution in [0.15, 0.2) is 42.3 Å². The number of rotatable bonds is 5. The standard InChI is InChI=1S/C14H12BrFN6O3S/c1-22-10(17-5-11(22)23)6-26-14-12(20-25-21-14)13(19-24)18-7-2-3-9(16)8(15)4-7/h2-4,24H,5-6H2,1H3,(H,18,19). The molecule has 0 radical (unpaired) electrons. The van der Waals surface area contributed by atoms with Crippen molar-refractivity contribution in [3.05, 3.63) is 34.2 Å². The molecule has 0 spiro atoms. The van der Waals surface area contributed by atoms with Crippen LogP contribution in [0.2, 0.25) is 0 Å². The summed E-state index contributed by atoms with van der Waals surface area (Å²) in [5.74, 6) is 0.430. The molecule has 136 valence electrons. The van der Waals surface area contributed by atoms with E-state index in [9.17, 15) is 14.4 Å². The SMILES string of the molecule is CN1C(=O)CN=C1CSc1nonc1C(=Nc1ccc(F)c(Br)c1)NO. The minimum absolute atomic E-state index is 0.0231. The predicted octanol–water partition coefficient (Wildman–Crippen LogP) is 1.99. The van der Waals surface area contributed by atoms with Gasteiger partial charge in [-0.1, -0.05) is 11.8 Å². The third-order valence-electron chi connectivity index (χ3n) is 3.43. The van der Waals surface area contributed by atoms with E-state index in [1.54, 1.807) is 7.05 Å². The van der Waals surface area contributed by atoms with Crippen LogP contribution in [-0.2, 0) is 4.79 Å². The molecule has 1 aliphatic heterocycles. The zero-order chi connectivity index (χ0) is 18.7. The fourth-order valence-corrected chi connectivity index (χ4v) is 3.30. The second-order valence-corrected chi connectivity index (χ2v) is 6.88. The van der Waals surface area contributed by atoms with Crippen molar-refractivity contribution in [2.24, 2.45) is 9.98 Å². The number of carbonyl (C=O) groups excluding carboxylic acids is 1. The highest BCUT2D eigenvalue weighted by atomic mass is 79.9. The van der Waals surface area contributed by atoms with Crippen LogP contribution in [0.1, 0.15) is 5.69 Å². The minimum Gasteiger partial charge on any atom is -0.301 e. The van der Waals surface area contributed by atoms with E-state index in [0.29, 0.717) is 22.3 Å². The maximum atomic E-state index is 13.3. The minimum atomic E-state index is -0.433. The van der Waals surface area contributed by atoms with Gasteiger partial charge in [0.05, 0.1) is 15.9 Å². The van der Waals surface area contributed by atoms with E-state index in [2.05, 4.69) is 36.2 Å². The smallest absolute Gasteiger partial charge is 0.249 e. The van der Waals surface area contributed by atoms with Gasteiger partial charge >= 0.3 is 0 Å². The van der Waals surface area contributed by atoms with E-state index in [-0.39, 0.29) is 28.5 Å². The Hall–Kier alpha value is -2.31. The molecule has 1 aliphatic rings. The van der Waals surface area contributed by atoms with Gasteiger partial charge in [0.15, 0.2) is 16.6 Å². The summed E-state index contributed by atoms with van der Waals surface area (Å²) in [7, 11) is 1.64. The highest BCUT2D eigenvalue weighted by molar-refractivity contribution is 9.10. The van der Waals surface area contributed by atoms with Crippen molar-refractivity contribution in [3.8, 4) is 0 Å². The molecule has 0 saturated heterocycles. The van der Waals surface area contributed by atoms with E-state index in [1.807, 2.05) is 5.48 Å². The first-order valence-electron chi connectivity index (χ1n) is 7.19. The predicted molar refractivity (Wildman–Crippen MR) is 95.3 cm³/mol. The fraction of sp³-hybridized carbons (Fsp3) is 0.214. The lowest BCUT2D eigenvalue weighted by Crippen LogP contribution is -2.29. The fourth-order valence-electron chi connectivity index (χ4n) is 2.02. The topological polar surface area (TPSA) is 116 Å². The van der Waals surface area contributed by atoms with Crippen molar-refractivity contribution in [3.63, 3.8) is 0 Å². The molecule has 0 saturated carbocycles. The second-order valence-electron chi connectivity index (χ2n) is 5.06. The Kier molecular flexibility index (Phi) is 5.64. The molecular weight excluding hydrogens is 431 g/mol. The van der Waals surface area contributed by atoms with Crippen molar-refractivity contribution in [2.45, 2.75) is 5.03 Å². The summed E-state index contributed by atoms with van der Waals surface area (Å²) >= 11 is 4.29. The summed E-state index contributed by atoms with van der Waals surface area (Å²) in [5.41, 5.74) is 2.49. The van der Waals surface area contributed by atoms with Crippen molar-refractivity contribution in [1.29, 1.82) is 0 Å². The zero-order valence-electron chi connectivity index (χ0n) is 13.3. The Balaban J connectivity index is 1.80. The van der Waals surface area contributed by atoms with Gasteiger partial charge in [0.2, 0.25) is 5.91 Å². The summed E-state index contributed by atoms with van der Waals surface area (Å²) in [6.45, 7) is 0.126. The van der Waals surface area contributed by atoms with Gasteiger partial charge in [0.1, 0.15) is 18.2 Å². The molecule has 1 aromatic carbocycles. The zero-order valence-corrected chi connectivity index (χ0v) is 15.7. The summed E-state index contributed by atoms with van der Waals surface area (Å²) in [6, 6.07) is 4.12. The molecule has 0 aliphatic carbocycles. The van der Waals surface area contributed by atoms with Gasteiger partial charge in [0.25, 0.3) is 0 Å². The van der Waals surface area contributed by atoms with E-state index in [4.69, 9.17) is 4.63 Å². The Morgan fingerprint density at radius 1 is 1.54 bits per heavy atom. The van der Waals surface area contributed by atoms with Crippen LogP contribution < -0.4 is 5.48 Å². The molecule has 12 heteroatoms. The first kappa shape index (κ1) is 18.5. The van der Waals surface area contributed by atoms with Crippen LogP contribution >= 0.6 is 27.7 Å². The molecule has 3 rings (SSSR count). The number of nitrogens with zero attached hydrogens (tertiary/aromatic N) is 5. The van der Waals surface area contributed by atoms with Gasteiger partial charge in [-0.2, -0.15) is 0 Å². The third-order valence-corrected chi connectivity index (χ3v) is 4.98. The van der Waals surface area contributed by atoms with Gasteiger partial charge in [-0.3, -0.25) is 20.5 Å². The molecule has 2 aromatic rings. The lowest BCUT2D eigenvalue weighted by atomic mass is 10.3. The first-order valence-corrected chi connectivity index (χ1v) is 8.97. The van der Waals surface area contributed by atoms with Crippen LogP contribution in [-0.4, -0.2) is 57.3 Å². The molecular formula is C14H12BrFN6O3S. The first-order chi connectivity index (χ1) is 12.5. The average molecular weight is 443 g/mol. The molecule has 2 N–H and O–H groups in total. The number of aliphatic imine (C=N–C) groups is 2. The molecule has 9 nitrogen and oxygen atoms in total. The number of benzene rings is 1. The van der Waals surface area contributed by atoms with Gasteiger partial charge in [0, 0.05) is 7.05 Å². The lowest BCUT2D eigenvalue weighted by molar-refractivity contribution is -0.123. The largest absolute Gasteiger partial charge is 0.301 e. The van der Waals surface area contributed by atoms with Gasteiger partial charge in [-0.05, 0) is 44.4 Å². The van der Waals surface area contributed by atoms with E-state index in [0.717, 1.165) is 0 Å². The third kappa shape index (κ3) is 3.92. The molecule has 0 unspecified atom stereocenters. The Bertz CT molecular complexity index is 903. The van der Waals surface area contributed by atoms with Crippen LogP contribution in [0.4, 0.5) is 10.1 Å². The Labute approximate surface area is 159 Å². The summed E-state index contributed by atoms with van der Waals surface area (Å²) < 4.78 is 18.3. The van der Waals surface area contributed by atoms with Crippen LogP contribution in [0, 0.1) is 5.82 Å². The van der Waals surface area contributed by atoms with E-state index < -0.39 is 5.82 Å². The maximum absolute atomic E-state index is 13.3. The number of likely N-dealkylation sites (N-methyl/N-ethyl adjacent to an activating group) is 1. The van der Waals surface area contributed by atoms with Crippen molar-refractivity contribution in [2.75, 3.05) is 19.3 Å². The average Bonchev–Trinajstić information content (AvgIpc) is 3.22. The summed E-state index contributed by atoms with van der Waals surface area (Å²) in [5, 5.41) is 17.3. The van der Waals surface area contributed by atoms with Crippen molar-refractivity contribution in [1.82, 2.24) is 20.7 Å². The Morgan fingerprint density at radius 3 is 3.00 bits per heavy atom. The normalized spacial score (nSPS) is 14.8. The highest BCUT2D eigenvalue weighted by Gasteiger charge is 2.23. The number of halogens is 2. The number of carbonyl (C=O) groups is 1. The number of amidine groups is 2. The van der Waals surface area contributed by atoms with Crippen LogP contribution in [0.5, 0.6) is 0 Å². The molecule has 1 amide bonds. The van der Waals surface area contributed by atoms with E-state index >= 15 is 0 Å². The van der Waals surface area contributed by atoms with Gasteiger partial charge in [-0.15, -0.1) is 0 Å². The molecule has 26 heavy (non-hydrogen) atoms. The van der Waals surface area contributed by atoms with Crippen molar-refractivity contribution >= 4 is 51.0 Å². The molecule has 0 fully saturated rings. The van der Waals surface area contributed by atoms with Crippen LogP contribution in [0.3, 0.4) is 0 Å². The number of nitrogens with one attached hydrogen (secondary N) is 1. The van der Waals surface area contributed by atoms with E-state index in [1.165, 1.54) is 34.9 Å². The number of hydrogen-bond acceptors (Lipinski definition) is 8.